The van der Waals surface area contributed by atoms with E-state index < -0.39 is 12.1 Å². The van der Waals surface area contributed by atoms with Gasteiger partial charge in [-0.1, -0.05) is 56.2 Å². The lowest BCUT2D eigenvalue weighted by molar-refractivity contribution is 0.0260. The van der Waals surface area contributed by atoms with E-state index >= 15 is 0 Å². The molecule has 2 aromatic carbocycles. The third-order valence-corrected chi connectivity index (χ3v) is 5.01. The van der Waals surface area contributed by atoms with Crippen LogP contribution in [0.3, 0.4) is 0 Å². The molecule has 1 N–H and O–H groups in total. The van der Waals surface area contributed by atoms with Crippen LogP contribution in [0.1, 0.15) is 67.2 Å². The predicted octanol–water partition coefficient (Wildman–Crippen LogP) is 5.23. The first kappa shape index (κ1) is 22.5. The van der Waals surface area contributed by atoms with Gasteiger partial charge in [-0.3, -0.25) is 4.79 Å². The zero-order valence-corrected chi connectivity index (χ0v) is 17.6. The van der Waals surface area contributed by atoms with Gasteiger partial charge in [-0.05, 0) is 38.8 Å². The van der Waals surface area contributed by atoms with Gasteiger partial charge in [0.25, 0.3) is 0 Å². The summed E-state index contributed by atoms with van der Waals surface area (Å²) in [6.45, 7) is 7.45. The maximum atomic E-state index is 12.9. The Kier molecular flexibility index (Phi) is 8.71. The van der Waals surface area contributed by atoms with Crippen LogP contribution >= 0.6 is 0 Å². The summed E-state index contributed by atoms with van der Waals surface area (Å²) in [5, 5.41) is 10.6. The zero-order valence-electron chi connectivity index (χ0n) is 17.6. The van der Waals surface area contributed by atoms with Gasteiger partial charge in [0.1, 0.15) is 5.56 Å². The van der Waals surface area contributed by atoms with Crippen LogP contribution in [0.15, 0.2) is 48.5 Å². The van der Waals surface area contributed by atoms with Crippen LogP contribution in [0.2, 0.25) is 0 Å². The number of ether oxygens (including phenoxy) is 1. The highest BCUT2D eigenvalue weighted by molar-refractivity contribution is 6.02. The van der Waals surface area contributed by atoms with Crippen LogP contribution in [-0.2, 0) is 4.74 Å². The van der Waals surface area contributed by atoms with E-state index in [2.05, 4.69) is 6.92 Å². The number of para-hydroxylation sites is 1. The maximum absolute atomic E-state index is 12.9. The minimum atomic E-state index is -0.868. The number of unbranched alkanes of at least 4 members (excludes halogenated alkanes) is 2. The fourth-order valence-corrected chi connectivity index (χ4v) is 3.32. The molecule has 0 heterocycles. The third-order valence-electron chi connectivity index (χ3n) is 5.01. The molecule has 0 saturated carbocycles. The summed E-state index contributed by atoms with van der Waals surface area (Å²) in [6.07, 6.45) is 2.35. The lowest BCUT2D eigenvalue weighted by Crippen LogP contribution is -2.28. The monoisotopic (exact) mass is 397 g/mol. The Morgan fingerprint density at radius 3 is 2.28 bits per heavy atom. The Morgan fingerprint density at radius 1 is 0.966 bits per heavy atom. The van der Waals surface area contributed by atoms with E-state index in [0.717, 1.165) is 19.3 Å². The van der Waals surface area contributed by atoms with Crippen LogP contribution in [0.4, 0.5) is 5.69 Å². The van der Waals surface area contributed by atoms with Crippen molar-refractivity contribution in [2.75, 3.05) is 18.0 Å². The van der Waals surface area contributed by atoms with Gasteiger partial charge >= 0.3 is 5.97 Å². The fraction of sp³-hybridized carbons (Fsp3) is 0.417. The van der Waals surface area contributed by atoms with E-state index in [-0.39, 0.29) is 17.1 Å². The van der Waals surface area contributed by atoms with Crippen molar-refractivity contribution in [2.45, 2.75) is 52.6 Å². The van der Waals surface area contributed by atoms with Crippen molar-refractivity contribution < 1.29 is 19.4 Å². The second-order valence-corrected chi connectivity index (χ2v) is 6.97. The molecule has 0 spiro atoms. The zero-order chi connectivity index (χ0) is 21.2. The number of Topliss-reactive ketones (excluding diaryl/α,β-unsaturated/α-hetero) is 1. The number of rotatable bonds is 11. The van der Waals surface area contributed by atoms with Crippen molar-refractivity contribution in [3.8, 4) is 5.75 Å². The van der Waals surface area contributed by atoms with E-state index in [1.54, 1.807) is 36.4 Å². The fourth-order valence-electron chi connectivity index (χ4n) is 3.32. The topological polar surface area (TPSA) is 66.8 Å². The summed E-state index contributed by atoms with van der Waals surface area (Å²) >= 11 is 0. The van der Waals surface area contributed by atoms with Gasteiger partial charge in [0.05, 0.1) is 5.69 Å². The van der Waals surface area contributed by atoms with Crippen molar-refractivity contribution in [2.24, 2.45) is 0 Å². The highest BCUT2D eigenvalue weighted by atomic mass is 16.5. The van der Waals surface area contributed by atoms with Gasteiger partial charge < -0.3 is 14.7 Å². The standard InChI is InChI=1S/C24H31NO4/c1-4-7-9-17-21(22(26)18-13-10-8-11-14-18)29-24(28)19-15-12-16-20(23(19)27)25(5-2)6-3/h8,10-16,21,27H,4-7,9,17H2,1-3H3. The number of hydrogen-bond donors (Lipinski definition) is 1. The number of hydrogen-bond acceptors (Lipinski definition) is 5. The summed E-state index contributed by atoms with van der Waals surface area (Å²) in [7, 11) is 0. The molecular weight excluding hydrogens is 366 g/mol. The number of carbonyl (C=O) groups is 2. The van der Waals surface area contributed by atoms with Crippen LogP contribution in [0, 0.1) is 0 Å². The largest absolute Gasteiger partial charge is 0.505 e. The summed E-state index contributed by atoms with van der Waals surface area (Å²) in [4.78, 5) is 27.7. The van der Waals surface area contributed by atoms with Gasteiger partial charge in [0, 0.05) is 18.7 Å². The lowest BCUT2D eigenvalue weighted by atomic mass is 10.0. The van der Waals surface area contributed by atoms with Crippen molar-refractivity contribution in [3.63, 3.8) is 0 Å². The molecule has 0 amide bonds. The molecule has 0 aromatic heterocycles. The highest BCUT2D eigenvalue weighted by Crippen LogP contribution is 2.31. The van der Waals surface area contributed by atoms with Crippen molar-refractivity contribution >= 4 is 17.4 Å². The van der Waals surface area contributed by atoms with Gasteiger partial charge in [0.15, 0.2) is 11.9 Å². The highest BCUT2D eigenvalue weighted by Gasteiger charge is 2.26. The Balaban J connectivity index is 2.25. The Labute approximate surface area is 173 Å². The Morgan fingerprint density at radius 2 is 1.66 bits per heavy atom. The normalized spacial score (nSPS) is 11.7. The summed E-state index contributed by atoms with van der Waals surface area (Å²) in [5.41, 5.74) is 1.18. The molecule has 0 saturated heterocycles. The molecular formula is C24H31NO4. The summed E-state index contributed by atoms with van der Waals surface area (Å²) < 4.78 is 5.62. The van der Waals surface area contributed by atoms with Crippen molar-refractivity contribution in [1.29, 1.82) is 0 Å². The molecule has 0 aliphatic rings. The molecule has 5 nitrogen and oxygen atoms in total. The van der Waals surface area contributed by atoms with Gasteiger partial charge in [0.2, 0.25) is 5.78 Å². The van der Waals surface area contributed by atoms with Crippen LogP contribution in [0.25, 0.3) is 0 Å². The molecule has 0 aliphatic carbocycles. The third kappa shape index (κ3) is 5.83. The Bertz CT molecular complexity index is 800. The molecule has 1 unspecified atom stereocenters. The molecule has 156 valence electrons. The van der Waals surface area contributed by atoms with Crippen LogP contribution in [0.5, 0.6) is 5.75 Å². The minimum absolute atomic E-state index is 0.0794. The molecule has 0 bridgehead atoms. The van der Waals surface area contributed by atoms with E-state index in [0.29, 0.717) is 30.8 Å². The number of phenolic OH excluding ortho intramolecular Hbond substituents is 1. The van der Waals surface area contributed by atoms with Gasteiger partial charge in [-0.25, -0.2) is 4.79 Å². The number of phenols is 1. The lowest BCUT2D eigenvalue weighted by Gasteiger charge is -2.23. The smallest absolute Gasteiger partial charge is 0.342 e. The molecule has 5 heteroatoms. The second kappa shape index (κ2) is 11.2. The van der Waals surface area contributed by atoms with Gasteiger partial charge in [-0.15, -0.1) is 0 Å². The first-order valence-corrected chi connectivity index (χ1v) is 10.4. The second-order valence-electron chi connectivity index (χ2n) is 6.97. The number of aromatic hydroxyl groups is 1. The molecule has 29 heavy (non-hydrogen) atoms. The van der Waals surface area contributed by atoms with E-state index in [1.165, 1.54) is 6.07 Å². The van der Waals surface area contributed by atoms with Crippen molar-refractivity contribution in [1.82, 2.24) is 0 Å². The molecule has 1 atom stereocenters. The number of esters is 1. The molecule has 0 fully saturated rings. The number of carbonyl (C=O) groups excluding carboxylic acids is 2. The number of benzene rings is 2. The quantitative estimate of drug-likeness (QED) is 0.320. The molecule has 0 aliphatic heterocycles. The summed E-state index contributed by atoms with van der Waals surface area (Å²) in [6, 6.07) is 13.9. The first-order valence-electron chi connectivity index (χ1n) is 10.4. The molecule has 0 radical (unpaired) electrons. The average Bonchev–Trinajstić information content (AvgIpc) is 2.75. The first-order chi connectivity index (χ1) is 14.0. The number of ketones is 1. The SMILES string of the molecule is CCCCCC(OC(=O)c1cccc(N(CC)CC)c1O)C(=O)c1ccccc1. The molecule has 2 rings (SSSR count). The average molecular weight is 398 g/mol. The Hall–Kier alpha value is -2.82. The van der Waals surface area contributed by atoms with E-state index in [9.17, 15) is 14.7 Å². The number of anilines is 1. The van der Waals surface area contributed by atoms with Crippen LogP contribution in [-0.4, -0.2) is 36.1 Å². The maximum Gasteiger partial charge on any atom is 0.342 e. The number of nitrogens with zero attached hydrogens (tertiary/aromatic N) is 1. The van der Waals surface area contributed by atoms with Crippen molar-refractivity contribution in [3.05, 3.63) is 59.7 Å². The van der Waals surface area contributed by atoms with Gasteiger partial charge in [-0.2, -0.15) is 0 Å². The summed E-state index contributed by atoms with van der Waals surface area (Å²) in [5.74, 6) is -1.00. The van der Waals surface area contributed by atoms with E-state index in [4.69, 9.17) is 4.74 Å². The molecule has 2 aromatic rings. The predicted molar refractivity (Wildman–Crippen MR) is 116 cm³/mol. The van der Waals surface area contributed by atoms with Crippen LogP contribution < -0.4 is 4.90 Å². The van der Waals surface area contributed by atoms with E-state index in [1.807, 2.05) is 24.8 Å². The minimum Gasteiger partial charge on any atom is -0.505 e.